The lowest BCUT2D eigenvalue weighted by Gasteiger charge is -2.30. The molecule has 128 valence electrons. The van der Waals surface area contributed by atoms with Gasteiger partial charge in [0.1, 0.15) is 0 Å². The zero-order valence-electron chi connectivity index (χ0n) is 14.6. The fraction of sp³-hybridized carbons (Fsp3) is 1.00. The van der Waals surface area contributed by atoms with E-state index in [1.807, 2.05) is 0 Å². The van der Waals surface area contributed by atoms with Crippen molar-refractivity contribution in [1.29, 1.82) is 0 Å². The molecule has 0 unspecified atom stereocenters. The summed E-state index contributed by atoms with van der Waals surface area (Å²) in [5, 5.41) is 3.45. The lowest BCUT2D eigenvalue weighted by molar-refractivity contribution is 0.163. The highest BCUT2D eigenvalue weighted by atomic mass is 28.4. The Hall–Kier alpha value is 0.0569. The van der Waals surface area contributed by atoms with Gasteiger partial charge in [0.15, 0.2) is 0 Å². The highest BCUT2D eigenvalue weighted by Gasteiger charge is 2.34. The Kier molecular flexibility index (Phi) is 15.0. The molecule has 21 heavy (non-hydrogen) atoms. The van der Waals surface area contributed by atoms with Crippen molar-refractivity contribution in [1.82, 2.24) is 5.32 Å². The molecule has 0 saturated heterocycles. The molecule has 0 aliphatic carbocycles. The van der Waals surface area contributed by atoms with Crippen LogP contribution in [0.5, 0.6) is 0 Å². The van der Waals surface area contributed by atoms with Crippen LogP contribution >= 0.6 is 0 Å². The first-order chi connectivity index (χ1) is 10.2. The van der Waals surface area contributed by atoms with Gasteiger partial charge in [0.05, 0.1) is 0 Å². The molecule has 0 aromatic rings. The normalized spacial score (nSPS) is 12.0. The predicted octanol–water partition coefficient (Wildman–Crippen LogP) is 3.41. The molecule has 0 bridgehead atoms. The number of hydrogen-bond donors (Lipinski definition) is 2. The standard InChI is InChI=1S/C16H38N2O2Si/c1-4-7-14-19-21(6-3,20-15-8-5-2)16-10-13-18-12-9-11-17/h18H,4-17H2,1-3H3. The van der Waals surface area contributed by atoms with E-state index in [2.05, 4.69) is 26.1 Å². The summed E-state index contributed by atoms with van der Waals surface area (Å²) in [5.74, 6) is 0. The van der Waals surface area contributed by atoms with Crippen molar-refractivity contribution in [3.63, 3.8) is 0 Å². The molecule has 3 N–H and O–H groups in total. The van der Waals surface area contributed by atoms with Crippen LogP contribution in [-0.2, 0) is 8.85 Å². The SMILES string of the molecule is CCCCO[Si](CC)(CCCNCCCN)OCCCC. The second-order valence-electron chi connectivity index (χ2n) is 5.66. The van der Waals surface area contributed by atoms with Gasteiger partial charge in [-0.3, -0.25) is 0 Å². The van der Waals surface area contributed by atoms with Crippen LogP contribution in [0.15, 0.2) is 0 Å². The van der Waals surface area contributed by atoms with E-state index in [1.54, 1.807) is 0 Å². The molecule has 0 radical (unpaired) electrons. The molecule has 0 atom stereocenters. The van der Waals surface area contributed by atoms with Crippen LogP contribution in [0, 0.1) is 0 Å². The lowest BCUT2D eigenvalue weighted by atomic mass is 10.4. The van der Waals surface area contributed by atoms with E-state index in [-0.39, 0.29) is 0 Å². The summed E-state index contributed by atoms with van der Waals surface area (Å²) in [6, 6.07) is 2.16. The van der Waals surface area contributed by atoms with Gasteiger partial charge >= 0.3 is 8.56 Å². The zero-order valence-corrected chi connectivity index (χ0v) is 15.6. The summed E-state index contributed by atoms with van der Waals surface area (Å²) in [6.07, 6.45) is 6.84. The van der Waals surface area contributed by atoms with Gasteiger partial charge in [-0.25, -0.2) is 0 Å². The number of unbranched alkanes of at least 4 members (excludes halogenated alkanes) is 2. The lowest BCUT2D eigenvalue weighted by Crippen LogP contribution is -2.42. The van der Waals surface area contributed by atoms with E-state index < -0.39 is 8.56 Å². The zero-order chi connectivity index (χ0) is 15.8. The quantitative estimate of drug-likeness (QED) is 0.338. The molecule has 0 aliphatic heterocycles. The van der Waals surface area contributed by atoms with Crippen molar-refractivity contribution in [2.24, 2.45) is 5.73 Å². The first kappa shape index (κ1) is 21.1. The molecule has 0 aromatic heterocycles. The minimum absolute atomic E-state index is 0.765. The molecule has 0 aromatic carbocycles. The summed E-state index contributed by atoms with van der Waals surface area (Å²) < 4.78 is 12.5. The van der Waals surface area contributed by atoms with Crippen LogP contribution < -0.4 is 11.1 Å². The molecular weight excluding hydrogens is 280 g/mol. The molecule has 0 fully saturated rings. The fourth-order valence-electron chi connectivity index (χ4n) is 2.21. The molecule has 5 heteroatoms. The molecule has 0 saturated carbocycles. The minimum atomic E-state index is -1.98. The summed E-state index contributed by atoms with van der Waals surface area (Å²) in [4.78, 5) is 0. The monoisotopic (exact) mass is 318 g/mol. The van der Waals surface area contributed by atoms with Crippen LogP contribution in [0.3, 0.4) is 0 Å². The maximum absolute atomic E-state index is 6.26. The maximum atomic E-state index is 6.26. The Morgan fingerprint density at radius 3 is 1.90 bits per heavy atom. The van der Waals surface area contributed by atoms with Crippen LogP contribution in [-0.4, -0.2) is 41.4 Å². The molecule has 0 heterocycles. The largest absolute Gasteiger partial charge is 0.394 e. The van der Waals surface area contributed by atoms with Crippen molar-refractivity contribution < 1.29 is 8.85 Å². The Labute approximate surface area is 133 Å². The first-order valence-corrected chi connectivity index (χ1v) is 11.2. The Morgan fingerprint density at radius 1 is 0.857 bits per heavy atom. The van der Waals surface area contributed by atoms with E-state index in [1.165, 1.54) is 12.8 Å². The van der Waals surface area contributed by atoms with Gasteiger partial charge in [0.25, 0.3) is 0 Å². The van der Waals surface area contributed by atoms with E-state index in [0.29, 0.717) is 0 Å². The van der Waals surface area contributed by atoms with Crippen molar-refractivity contribution in [3.8, 4) is 0 Å². The fourth-order valence-corrected chi connectivity index (χ4v) is 5.09. The molecule has 4 nitrogen and oxygen atoms in total. The molecule has 0 amide bonds. The number of nitrogens with one attached hydrogen (secondary N) is 1. The van der Waals surface area contributed by atoms with Crippen molar-refractivity contribution in [2.75, 3.05) is 32.8 Å². The predicted molar refractivity (Wildman–Crippen MR) is 93.9 cm³/mol. The number of hydrogen-bond acceptors (Lipinski definition) is 4. The molecule has 0 rings (SSSR count). The van der Waals surface area contributed by atoms with Crippen LogP contribution in [0.25, 0.3) is 0 Å². The first-order valence-electron chi connectivity index (χ1n) is 8.93. The van der Waals surface area contributed by atoms with Gasteiger partial charge in [0, 0.05) is 13.2 Å². The molecule has 0 spiro atoms. The topological polar surface area (TPSA) is 56.5 Å². The molecule has 0 aliphatic rings. The van der Waals surface area contributed by atoms with Crippen molar-refractivity contribution in [2.45, 2.75) is 71.4 Å². The van der Waals surface area contributed by atoms with Gasteiger partial charge in [-0.15, -0.1) is 0 Å². The highest BCUT2D eigenvalue weighted by Crippen LogP contribution is 2.22. The Morgan fingerprint density at radius 2 is 1.43 bits per heavy atom. The third-order valence-electron chi connectivity index (χ3n) is 3.73. The second-order valence-corrected chi connectivity index (χ2v) is 9.27. The third kappa shape index (κ3) is 11.3. The van der Waals surface area contributed by atoms with Gasteiger partial charge < -0.3 is 19.9 Å². The highest BCUT2D eigenvalue weighted by molar-refractivity contribution is 6.67. The van der Waals surface area contributed by atoms with Crippen molar-refractivity contribution >= 4 is 8.56 Å². The smallest absolute Gasteiger partial charge is 0.337 e. The van der Waals surface area contributed by atoms with E-state index in [9.17, 15) is 0 Å². The summed E-state index contributed by atoms with van der Waals surface area (Å²) >= 11 is 0. The average molecular weight is 319 g/mol. The van der Waals surface area contributed by atoms with Crippen LogP contribution in [0.4, 0.5) is 0 Å². The average Bonchev–Trinajstić information content (AvgIpc) is 2.50. The summed E-state index contributed by atoms with van der Waals surface area (Å²) in [6.45, 7) is 11.2. The number of rotatable bonds is 16. The van der Waals surface area contributed by atoms with Crippen LogP contribution in [0.1, 0.15) is 59.3 Å². The van der Waals surface area contributed by atoms with E-state index >= 15 is 0 Å². The van der Waals surface area contributed by atoms with Gasteiger partial charge in [-0.1, -0.05) is 33.6 Å². The summed E-state index contributed by atoms with van der Waals surface area (Å²) in [5.41, 5.74) is 5.50. The maximum Gasteiger partial charge on any atom is 0.337 e. The Balaban J connectivity index is 4.12. The summed E-state index contributed by atoms with van der Waals surface area (Å²) in [7, 11) is -1.98. The van der Waals surface area contributed by atoms with E-state index in [4.69, 9.17) is 14.6 Å². The number of nitrogens with two attached hydrogens (primary N) is 1. The van der Waals surface area contributed by atoms with Crippen LogP contribution in [0.2, 0.25) is 12.1 Å². The Bertz CT molecular complexity index is 208. The second kappa shape index (κ2) is 15.0. The minimum Gasteiger partial charge on any atom is -0.394 e. The van der Waals surface area contributed by atoms with Gasteiger partial charge in [-0.2, -0.15) is 0 Å². The third-order valence-corrected chi connectivity index (χ3v) is 7.39. The van der Waals surface area contributed by atoms with Gasteiger partial charge in [-0.05, 0) is 57.4 Å². The van der Waals surface area contributed by atoms with E-state index in [0.717, 1.165) is 70.6 Å². The van der Waals surface area contributed by atoms with Crippen molar-refractivity contribution in [3.05, 3.63) is 0 Å². The van der Waals surface area contributed by atoms with Gasteiger partial charge in [0.2, 0.25) is 0 Å². The molecular formula is C16H38N2O2Si.